The van der Waals surface area contributed by atoms with Gasteiger partial charge in [0.2, 0.25) is 0 Å². The van der Waals surface area contributed by atoms with E-state index in [0.29, 0.717) is 0 Å². The van der Waals surface area contributed by atoms with Crippen LogP contribution in [0, 0.1) is 0 Å². The molecule has 0 aromatic carbocycles. The molecule has 0 rings (SSSR count). The summed E-state index contributed by atoms with van der Waals surface area (Å²) >= 11 is 0. The van der Waals surface area contributed by atoms with Gasteiger partial charge in [0.1, 0.15) is 0 Å². The second kappa shape index (κ2) is 4.81. The number of carboxylic acids is 1. The molecule has 0 amide bonds. The number of rotatable bonds is 5. The van der Waals surface area contributed by atoms with Gasteiger partial charge in [-0.05, 0) is 6.92 Å². The molecule has 0 heterocycles. The van der Waals surface area contributed by atoms with Crippen molar-refractivity contribution in [1.82, 2.24) is 0 Å². The minimum Gasteiger partial charge on any atom is -0.481 e. The van der Waals surface area contributed by atoms with Gasteiger partial charge in [-0.3, -0.25) is 9.59 Å². The van der Waals surface area contributed by atoms with Crippen LogP contribution in [0.3, 0.4) is 0 Å². The molecule has 0 aliphatic rings. The van der Waals surface area contributed by atoms with Gasteiger partial charge in [0.15, 0.2) is 0 Å². The fraction of sp³-hybridized carbons (Fsp3) is 0.750. The molecule has 5 heteroatoms. The molecule has 5 nitrogen and oxygen atoms in total. The van der Waals surface area contributed by atoms with Crippen molar-refractivity contribution < 1.29 is 24.5 Å². The van der Waals surface area contributed by atoms with Gasteiger partial charge in [-0.2, -0.15) is 0 Å². The Balaban J connectivity index is 3.75. The molecule has 0 spiro atoms. The Hall–Kier alpha value is -1.10. The number of carboxylic acid groups (broad SMARTS) is 1. The lowest BCUT2D eigenvalue weighted by Gasteiger charge is -2.20. The summed E-state index contributed by atoms with van der Waals surface area (Å²) in [5, 5.41) is 17.8. The van der Waals surface area contributed by atoms with Crippen LogP contribution in [0.25, 0.3) is 0 Å². The highest BCUT2D eigenvalue weighted by Crippen LogP contribution is 2.13. The van der Waals surface area contributed by atoms with E-state index in [9.17, 15) is 14.7 Å². The second-order valence-electron chi connectivity index (χ2n) is 3.16. The highest BCUT2D eigenvalue weighted by molar-refractivity contribution is 5.68. The largest absolute Gasteiger partial charge is 0.481 e. The fourth-order valence-corrected chi connectivity index (χ4v) is 0.829. The maximum absolute atomic E-state index is 10.3. The monoisotopic (exact) mass is 190 g/mol. The van der Waals surface area contributed by atoms with Crippen LogP contribution in [0.4, 0.5) is 0 Å². The Morgan fingerprint density at radius 3 is 2.38 bits per heavy atom. The van der Waals surface area contributed by atoms with Crippen LogP contribution in [-0.2, 0) is 14.3 Å². The van der Waals surface area contributed by atoms with Crippen molar-refractivity contribution in [2.45, 2.75) is 32.3 Å². The van der Waals surface area contributed by atoms with E-state index in [1.54, 1.807) is 0 Å². The molecule has 0 radical (unpaired) electrons. The second-order valence-corrected chi connectivity index (χ2v) is 3.16. The summed E-state index contributed by atoms with van der Waals surface area (Å²) in [5.74, 6) is -1.51. The van der Waals surface area contributed by atoms with E-state index in [-0.39, 0.29) is 19.4 Å². The molecular weight excluding hydrogens is 176 g/mol. The molecule has 2 N–H and O–H groups in total. The summed E-state index contributed by atoms with van der Waals surface area (Å²) in [5.41, 5.74) is -1.32. The number of esters is 1. The summed E-state index contributed by atoms with van der Waals surface area (Å²) in [6.45, 7) is 2.69. The van der Waals surface area contributed by atoms with Gasteiger partial charge in [-0.1, -0.05) is 0 Å². The third-order valence-electron chi connectivity index (χ3n) is 1.48. The number of aliphatic carboxylic acids is 1. The number of aliphatic hydroxyl groups is 1. The lowest BCUT2D eigenvalue weighted by atomic mass is 9.99. The Labute approximate surface area is 76.3 Å². The lowest BCUT2D eigenvalue weighted by Crippen LogP contribution is -2.29. The zero-order chi connectivity index (χ0) is 10.5. The molecule has 0 aromatic rings. The third-order valence-corrected chi connectivity index (χ3v) is 1.48. The minimum atomic E-state index is -1.32. The van der Waals surface area contributed by atoms with Crippen molar-refractivity contribution in [2.75, 3.05) is 6.61 Å². The van der Waals surface area contributed by atoms with Crippen molar-refractivity contribution in [3.63, 3.8) is 0 Å². The average Bonchev–Trinajstić information content (AvgIpc) is 1.81. The summed E-state index contributed by atoms with van der Waals surface area (Å²) < 4.78 is 4.57. The highest BCUT2D eigenvalue weighted by atomic mass is 16.5. The molecule has 0 saturated heterocycles. The Bertz CT molecular complexity index is 197. The first kappa shape index (κ1) is 11.9. The number of carbonyl (C=O) groups is 2. The fourth-order valence-electron chi connectivity index (χ4n) is 0.829. The van der Waals surface area contributed by atoms with Gasteiger partial charge in [0.25, 0.3) is 0 Å². The number of hydrogen-bond donors (Lipinski definition) is 2. The molecule has 0 fully saturated rings. The molecule has 13 heavy (non-hydrogen) atoms. The summed E-state index contributed by atoms with van der Waals surface area (Å²) in [7, 11) is 0. The third kappa shape index (κ3) is 7.27. The van der Waals surface area contributed by atoms with Crippen molar-refractivity contribution in [3.05, 3.63) is 0 Å². The first-order valence-corrected chi connectivity index (χ1v) is 3.91. The zero-order valence-electron chi connectivity index (χ0n) is 7.74. The van der Waals surface area contributed by atoms with Crippen LogP contribution >= 0.6 is 0 Å². The maximum atomic E-state index is 10.3. The van der Waals surface area contributed by atoms with E-state index < -0.39 is 17.5 Å². The molecule has 0 aliphatic carbocycles. The quantitative estimate of drug-likeness (QED) is 0.603. The van der Waals surface area contributed by atoms with Crippen molar-refractivity contribution in [3.8, 4) is 0 Å². The van der Waals surface area contributed by atoms with Crippen LogP contribution in [0.2, 0.25) is 0 Å². The Morgan fingerprint density at radius 1 is 1.46 bits per heavy atom. The number of carbonyl (C=O) groups excluding carboxylic acids is 1. The SMILES string of the molecule is CC(=O)OCCC(C)(O)CC(=O)O. The van der Waals surface area contributed by atoms with Gasteiger partial charge < -0.3 is 14.9 Å². The summed E-state index contributed by atoms with van der Waals surface area (Å²) in [6.07, 6.45) is -0.229. The maximum Gasteiger partial charge on any atom is 0.306 e. The first-order valence-electron chi connectivity index (χ1n) is 3.91. The number of ether oxygens (including phenoxy) is 1. The predicted molar refractivity (Wildman–Crippen MR) is 44.1 cm³/mol. The van der Waals surface area contributed by atoms with E-state index >= 15 is 0 Å². The van der Waals surface area contributed by atoms with E-state index in [1.807, 2.05) is 0 Å². The van der Waals surface area contributed by atoms with E-state index in [2.05, 4.69) is 4.74 Å². The van der Waals surface area contributed by atoms with E-state index in [1.165, 1.54) is 13.8 Å². The normalized spacial score (nSPS) is 14.7. The van der Waals surface area contributed by atoms with Gasteiger partial charge in [0.05, 0.1) is 18.6 Å². The molecule has 1 atom stereocenters. The highest BCUT2D eigenvalue weighted by Gasteiger charge is 2.24. The van der Waals surface area contributed by atoms with E-state index in [0.717, 1.165) is 0 Å². The van der Waals surface area contributed by atoms with Crippen LogP contribution in [0.5, 0.6) is 0 Å². The molecule has 76 valence electrons. The van der Waals surface area contributed by atoms with E-state index in [4.69, 9.17) is 5.11 Å². The smallest absolute Gasteiger partial charge is 0.306 e. The van der Waals surface area contributed by atoms with Crippen molar-refractivity contribution in [2.24, 2.45) is 0 Å². The van der Waals surface area contributed by atoms with Crippen LogP contribution < -0.4 is 0 Å². The Morgan fingerprint density at radius 2 is 2.00 bits per heavy atom. The predicted octanol–water partition coefficient (Wildman–Crippen LogP) is 0.165. The van der Waals surface area contributed by atoms with Crippen LogP contribution in [-0.4, -0.2) is 34.4 Å². The topological polar surface area (TPSA) is 83.8 Å². The summed E-state index contributed by atoms with van der Waals surface area (Å²) in [6, 6.07) is 0. The lowest BCUT2D eigenvalue weighted by molar-refractivity contribution is -0.144. The average molecular weight is 190 g/mol. The molecule has 0 bridgehead atoms. The van der Waals surface area contributed by atoms with Gasteiger partial charge >= 0.3 is 11.9 Å². The number of hydrogen-bond acceptors (Lipinski definition) is 4. The molecule has 0 aliphatic heterocycles. The molecule has 0 aromatic heterocycles. The minimum absolute atomic E-state index is 0.0373. The van der Waals surface area contributed by atoms with Gasteiger partial charge in [0, 0.05) is 13.3 Å². The molecule has 1 unspecified atom stereocenters. The van der Waals surface area contributed by atoms with Crippen LogP contribution in [0.1, 0.15) is 26.7 Å². The summed E-state index contributed by atoms with van der Waals surface area (Å²) in [4.78, 5) is 20.6. The molecule has 0 saturated carbocycles. The zero-order valence-corrected chi connectivity index (χ0v) is 7.74. The van der Waals surface area contributed by atoms with Crippen molar-refractivity contribution in [1.29, 1.82) is 0 Å². The van der Waals surface area contributed by atoms with Gasteiger partial charge in [-0.15, -0.1) is 0 Å². The van der Waals surface area contributed by atoms with Crippen LogP contribution in [0.15, 0.2) is 0 Å². The standard InChI is InChI=1S/C8H14O5/c1-6(9)13-4-3-8(2,12)5-7(10)11/h12H,3-5H2,1-2H3,(H,10,11). The van der Waals surface area contributed by atoms with Gasteiger partial charge in [-0.25, -0.2) is 0 Å². The van der Waals surface area contributed by atoms with Crippen molar-refractivity contribution >= 4 is 11.9 Å². The Kier molecular flexibility index (Phi) is 4.40. The molecular formula is C8H14O5. The first-order chi connectivity index (χ1) is 5.83.